The summed E-state index contributed by atoms with van der Waals surface area (Å²) in [5, 5.41) is 17.4. The molecule has 5 heterocycles. The highest BCUT2D eigenvalue weighted by atomic mass is 32.2. The summed E-state index contributed by atoms with van der Waals surface area (Å²) in [5.74, 6) is 2.04. The summed E-state index contributed by atoms with van der Waals surface area (Å²) in [6.45, 7) is 2.12. The van der Waals surface area contributed by atoms with Gasteiger partial charge >= 0.3 is 0 Å². The van der Waals surface area contributed by atoms with E-state index in [1.807, 2.05) is 12.1 Å². The first-order valence-electron chi connectivity index (χ1n) is 13.1. The molecular weight excluding hydrogens is 492 g/mol. The Morgan fingerprint density at radius 3 is 2.57 bits per heavy atom. The predicted molar refractivity (Wildman–Crippen MR) is 140 cm³/mol. The molecule has 2 aromatic rings. The van der Waals surface area contributed by atoms with Crippen molar-refractivity contribution in [1.29, 1.82) is 5.26 Å². The van der Waals surface area contributed by atoms with Gasteiger partial charge in [-0.05, 0) is 57.9 Å². The molecule has 4 N–H and O–H groups in total. The summed E-state index contributed by atoms with van der Waals surface area (Å²) >= 11 is 0. The summed E-state index contributed by atoms with van der Waals surface area (Å²) in [7, 11) is -1.86. The minimum absolute atomic E-state index is 0.0460. The van der Waals surface area contributed by atoms with Crippen molar-refractivity contribution in [2.45, 2.75) is 82.2 Å². The van der Waals surface area contributed by atoms with Crippen molar-refractivity contribution in [3.63, 3.8) is 0 Å². The Labute approximate surface area is 217 Å². The smallest absolute Gasteiger partial charge is 0.216 e. The standard InChI is InChI=1S/C25H34N8O3S/c1-15-7-23(32-31-15)29-22-11-21-20(10-19(36-2)12-27-21)24(30-22)28-16-8-17-3-4-18(9-16)33(17)37(34,35)14-25(13-26)5-6-25/h10-12,15-18,23,31-32H,3-9,14H2,1-2H3,(H2,28,29,30)/t15?,16?,17-,18+,23?. The van der Waals surface area contributed by atoms with Crippen molar-refractivity contribution < 1.29 is 13.2 Å². The molecule has 4 fully saturated rings. The van der Waals surface area contributed by atoms with E-state index >= 15 is 0 Å². The summed E-state index contributed by atoms with van der Waals surface area (Å²) in [6, 6.07) is 6.45. The van der Waals surface area contributed by atoms with Crippen LogP contribution in [-0.2, 0) is 10.0 Å². The number of pyridine rings is 2. The van der Waals surface area contributed by atoms with Gasteiger partial charge in [0, 0.05) is 35.6 Å². The quantitative estimate of drug-likeness (QED) is 0.404. The minimum atomic E-state index is -3.47. The second kappa shape index (κ2) is 9.23. The number of methoxy groups -OCH3 is 1. The maximum absolute atomic E-state index is 13.3. The maximum atomic E-state index is 13.3. The minimum Gasteiger partial charge on any atom is -0.495 e. The number of sulfonamides is 1. The van der Waals surface area contributed by atoms with Gasteiger partial charge in [-0.25, -0.2) is 18.8 Å². The van der Waals surface area contributed by atoms with E-state index in [-0.39, 0.29) is 30.0 Å². The fourth-order valence-electron chi connectivity index (χ4n) is 6.15. The average Bonchev–Trinajstić information content (AvgIpc) is 3.41. The number of rotatable bonds is 8. The number of hydrazine groups is 1. The molecule has 12 heteroatoms. The predicted octanol–water partition coefficient (Wildman–Crippen LogP) is 2.30. The second-order valence-corrected chi connectivity index (χ2v) is 13.0. The zero-order valence-electron chi connectivity index (χ0n) is 21.2. The van der Waals surface area contributed by atoms with E-state index in [1.54, 1.807) is 17.6 Å². The van der Waals surface area contributed by atoms with E-state index < -0.39 is 15.4 Å². The van der Waals surface area contributed by atoms with E-state index in [0.29, 0.717) is 43.3 Å². The Morgan fingerprint density at radius 1 is 1.19 bits per heavy atom. The molecule has 3 aliphatic heterocycles. The lowest BCUT2D eigenvalue weighted by atomic mass is 9.99. The number of ether oxygens (including phenoxy) is 1. The zero-order chi connectivity index (χ0) is 25.8. The Kier molecular flexibility index (Phi) is 6.14. The largest absolute Gasteiger partial charge is 0.495 e. The summed E-state index contributed by atoms with van der Waals surface area (Å²) in [5.41, 5.74) is 6.59. The van der Waals surface area contributed by atoms with Crippen molar-refractivity contribution in [3.8, 4) is 11.8 Å². The van der Waals surface area contributed by atoms with Crippen LogP contribution < -0.4 is 26.2 Å². The van der Waals surface area contributed by atoms with Gasteiger partial charge in [-0.1, -0.05) is 0 Å². The van der Waals surface area contributed by atoms with E-state index in [0.717, 1.165) is 36.0 Å². The Morgan fingerprint density at radius 2 is 1.95 bits per heavy atom. The van der Waals surface area contributed by atoms with Crippen LogP contribution in [0.4, 0.5) is 11.6 Å². The fourth-order valence-corrected chi connectivity index (χ4v) is 8.64. The molecule has 6 rings (SSSR count). The first-order chi connectivity index (χ1) is 17.8. The molecular formula is C25H34N8O3S. The molecule has 3 unspecified atom stereocenters. The molecule has 11 nitrogen and oxygen atoms in total. The molecule has 1 aliphatic carbocycles. The number of fused-ring (bicyclic) bond motifs is 3. The highest BCUT2D eigenvalue weighted by Gasteiger charge is 2.53. The molecule has 0 aromatic carbocycles. The van der Waals surface area contributed by atoms with Crippen LogP contribution in [0.1, 0.15) is 51.9 Å². The van der Waals surface area contributed by atoms with Gasteiger partial charge in [0.05, 0.1) is 42.2 Å². The Hall–Kier alpha value is -2.72. The number of nitrogens with one attached hydrogen (secondary N) is 4. The van der Waals surface area contributed by atoms with Gasteiger partial charge in [-0.3, -0.25) is 10.4 Å². The van der Waals surface area contributed by atoms with E-state index in [4.69, 9.17) is 9.72 Å². The Balaban J connectivity index is 1.23. The molecule has 0 spiro atoms. The van der Waals surface area contributed by atoms with Crippen LogP contribution in [0.25, 0.3) is 10.9 Å². The molecule has 37 heavy (non-hydrogen) atoms. The van der Waals surface area contributed by atoms with Gasteiger partial charge in [0.1, 0.15) is 17.4 Å². The summed E-state index contributed by atoms with van der Waals surface area (Å²) < 4.78 is 33.8. The molecule has 0 amide bonds. The number of nitriles is 1. The second-order valence-electron chi connectivity index (χ2n) is 11.1. The third-order valence-corrected chi connectivity index (χ3v) is 10.3. The molecule has 2 bridgehead atoms. The van der Waals surface area contributed by atoms with Crippen LogP contribution in [0, 0.1) is 16.7 Å². The van der Waals surface area contributed by atoms with Crippen molar-refractivity contribution in [1.82, 2.24) is 25.1 Å². The van der Waals surface area contributed by atoms with Crippen LogP contribution in [0.15, 0.2) is 18.3 Å². The van der Waals surface area contributed by atoms with Gasteiger partial charge < -0.3 is 15.4 Å². The van der Waals surface area contributed by atoms with Crippen LogP contribution in [0.5, 0.6) is 5.75 Å². The van der Waals surface area contributed by atoms with Crippen LogP contribution in [0.3, 0.4) is 0 Å². The lowest BCUT2D eigenvalue weighted by Gasteiger charge is -2.38. The van der Waals surface area contributed by atoms with Crippen molar-refractivity contribution in [3.05, 3.63) is 18.3 Å². The highest BCUT2D eigenvalue weighted by molar-refractivity contribution is 7.89. The van der Waals surface area contributed by atoms with Gasteiger partial charge in [0.2, 0.25) is 10.0 Å². The fraction of sp³-hybridized carbons (Fsp3) is 0.640. The van der Waals surface area contributed by atoms with Crippen molar-refractivity contribution in [2.24, 2.45) is 5.41 Å². The number of anilines is 2. The number of hydrogen-bond donors (Lipinski definition) is 4. The SMILES string of the molecule is COc1cnc2cc(NC3CC(C)NN3)nc(NC3C[C@H]4CC[C@@H](C3)N4S(=O)(=O)CC3(C#N)CC3)c2c1. The summed E-state index contributed by atoms with van der Waals surface area (Å²) in [6.07, 6.45) is 7.16. The number of hydrogen-bond acceptors (Lipinski definition) is 10. The van der Waals surface area contributed by atoms with Crippen molar-refractivity contribution >= 4 is 32.6 Å². The third kappa shape index (κ3) is 4.81. The number of aromatic nitrogens is 2. The maximum Gasteiger partial charge on any atom is 0.216 e. The van der Waals surface area contributed by atoms with Gasteiger partial charge in [0.25, 0.3) is 0 Å². The first kappa shape index (κ1) is 24.6. The van der Waals surface area contributed by atoms with Crippen LogP contribution in [-0.4, -0.2) is 65.9 Å². The molecule has 5 atom stereocenters. The Bertz CT molecular complexity index is 1330. The molecule has 1 saturated carbocycles. The lowest BCUT2D eigenvalue weighted by molar-refractivity contribution is 0.234. The van der Waals surface area contributed by atoms with Gasteiger partial charge in [0.15, 0.2) is 0 Å². The van der Waals surface area contributed by atoms with Crippen molar-refractivity contribution in [2.75, 3.05) is 23.5 Å². The molecule has 4 aliphatic rings. The average molecular weight is 527 g/mol. The van der Waals surface area contributed by atoms with E-state index in [2.05, 4.69) is 39.5 Å². The van der Waals surface area contributed by atoms with E-state index in [1.165, 1.54) is 0 Å². The van der Waals surface area contributed by atoms with E-state index in [9.17, 15) is 13.7 Å². The van der Waals surface area contributed by atoms with Gasteiger partial charge in [-0.2, -0.15) is 9.57 Å². The lowest BCUT2D eigenvalue weighted by Crippen LogP contribution is -2.51. The molecule has 2 aromatic heterocycles. The van der Waals surface area contributed by atoms with Crippen LogP contribution >= 0.6 is 0 Å². The van der Waals surface area contributed by atoms with Crippen LogP contribution in [0.2, 0.25) is 0 Å². The molecule has 0 radical (unpaired) electrons. The topological polar surface area (TPSA) is 144 Å². The highest BCUT2D eigenvalue weighted by Crippen LogP contribution is 2.48. The number of piperidine rings is 1. The molecule has 198 valence electrons. The summed E-state index contributed by atoms with van der Waals surface area (Å²) in [4.78, 5) is 9.51. The molecule has 3 saturated heterocycles. The zero-order valence-corrected chi connectivity index (χ0v) is 22.0. The third-order valence-electron chi connectivity index (χ3n) is 8.18. The monoisotopic (exact) mass is 526 g/mol. The first-order valence-corrected chi connectivity index (χ1v) is 14.7. The van der Waals surface area contributed by atoms with Gasteiger partial charge in [-0.15, -0.1) is 0 Å². The normalized spacial score (nSPS) is 30.7. The number of nitrogens with zero attached hydrogens (tertiary/aromatic N) is 4.